The van der Waals surface area contributed by atoms with Crippen LogP contribution < -0.4 is 5.32 Å². The van der Waals surface area contributed by atoms with E-state index in [0.29, 0.717) is 17.3 Å². The summed E-state index contributed by atoms with van der Waals surface area (Å²) in [4.78, 5) is 20.2. The van der Waals surface area contributed by atoms with Crippen LogP contribution in [0.15, 0.2) is 18.3 Å². The van der Waals surface area contributed by atoms with Gasteiger partial charge in [0.2, 0.25) is 0 Å². The van der Waals surface area contributed by atoms with Crippen LogP contribution in [0.3, 0.4) is 0 Å². The highest BCUT2D eigenvalue weighted by atomic mass is 16.2. The molecule has 0 atom stereocenters. The number of rotatable bonds is 8. The average Bonchev–Trinajstić information content (AvgIpc) is 3.43. The number of nitrogens with zero attached hydrogens (tertiary/aromatic N) is 5. The molecule has 1 amide bonds. The maximum absolute atomic E-state index is 13.7. The molecule has 0 radical (unpaired) electrons. The number of carbonyl (C=O) groups excluding carboxylic acids is 1. The Kier molecular flexibility index (Phi) is 5.15. The fraction of sp³-hybridized carbons (Fsp3) is 0.524. The van der Waals surface area contributed by atoms with Crippen molar-refractivity contribution in [3.05, 3.63) is 29.7 Å². The van der Waals surface area contributed by atoms with E-state index in [1.807, 2.05) is 28.4 Å². The topological polar surface area (TPSA) is 75.4 Å². The van der Waals surface area contributed by atoms with E-state index < -0.39 is 0 Å². The molecule has 28 heavy (non-hydrogen) atoms. The summed E-state index contributed by atoms with van der Waals surface area (Å²) >= 11 is 0. The molecule has 0 bridgehead atoms. The Morgan fingerprint density at radius 2 is 1.93 bits per heavy atom. The molecule has 7 heteroatoms. The number of pyridine rings is 2. The monoisotopic (exact) mass is 380 g/mol. The standard InChI is InChI=1S/C21H28N6O/c1-4-12-26(13-5-2)21(28)17-18(23-14-9-10-14)15-8-7-11-22-19(15)27-16(6-3)24-25-20(17)27/h7-8,11,14,23H,4-6,9-10,12-13H2,1-3H3. The number of aryl methyl sites for hydroxylation is 1. The summed E-state index contributed by atoms with van der Waals surface area (Å²) in [5.74, 6) is 0.848. The number of fused-ring (bicyclic) bond motifs is 3. The molecule has 0 aromatic carbocycles. The van der Waals surface area contributed by atoms with Gasteiger partial charge >= 0.3 is 0 Å². The normalized spacial score (nSPS) is 14.0. The molecule has 7 nitrogen and oxygen atoms in total. The number of hydrogen-bond acceptors (Lipinski definition) is 5. The summed E-state index contributed by atoms with van der Waals surface area (Å²) in [6, 6.07) is 4.37. The van der Waals surface area contributed by atoms with E-state index >= 15 is 0 Å². The Balaban J connectivity index is 2.00. The van der Waals surface area contributed by atoms with Crippen LogP contribution in [0.25, 0.3) is 16.7 Å². The molecule has 3 aromatic heterocycles. The molecular weight excluding hydrogens is 352 g/mol. The summed E-state index contributed by atoms with van der Waals surface area (Å²) < 4.78 is 1.96. The Morgan fingerprint density at radius 1 is 1.18 bits per heavy atom. The second-order valence-corrected chi connectivity index (χ2v) is 7.46. The van der Waals surface area contributed by atoms with Gasteiger partial charge in [0, 0.05) is 37.1 Å². The van der Waals surface area contributed by atoms with Gasteiger partial charge in [-0.25, -0.2) is 4.98 Å². The van der Waals surface area contributed by atoms with Crippen molar-refractivity contribution in [3.8, 4) is 0 Å². The van der Waals surface area contributed by atoms with Gasteiger partial charge in [0.05, 0.1) is 5.69 Å². The van der Waals surface area contributed by atoms with Crippen molar-refractivity contribution in [1.29, 1.82) is 0 Å². The van der Waals surface area contributed by atoms with Crippen LogP contribution in [0.4, 0.5) is 5.69 Å². The lowest BCUT2D eigenvalue weighted by molar-refractivity contribution is 0.0758. The van der Waals surface area contributed by atoms with Crippen LogP contribution in [0, 0.1) is 0 Å². The molecule has 148 valence electrons. The first kappa shape index (κ1) is 18.7. The molecule has 0 aliphatic heterocycles. The Labute approximate surface area is 165 Å². The number of hydrogen-bond donors (Lipinski definition) is 1. The maximum Gasteiger partial charge on any atom is 0.259 e. The van der Waals surface area contributed by atoms with Crippen molar-refractivity contribution in [3.63, 3.8) is 0 Å². The van der Waals surface area contributed by atoms with Gasteiger partial charge < -0.3 is 10.2 Å². The van der Waals surface area contributed by atoms with E-state index in [-0.39, 0.29) is 5.91 Å². The molecule has 1 N–H and O–H groups in total. The number of amides is 1. The number of carbonyl (C=O) groups is 1. The lowest BCUT2D eigenvalue weighted by Gasteiger charge is -2.24. The summed E-state index contributed by atoms with van der Waals surface area (Å²) in [5, 5.41) is 13.4. The predicted octanol–water partition coefficient (Wildman–Crippen LogP) is 3.68. The Bertz CT molecular complexity index is 1000. The summed E-state index contributed by atoms with van der Waals surface area (Å²) in [6.07, 6.45) is 6.61. The van der Waals surface area contributed by atoms with Gasteiger partial charge in [-0.2, -0.15) is 0 Å². The van der Waals surface area contributed by atoms with Gasteiger partial charge in [-0.15, -0.1) is 10.2 Å². The molecule has 3 heterocycles. The summed E-state index contributed by atoms with van der Waals surface area (Å²) in [6.45, 7) is 7.73. The van der Waals surface area contributed by atoms with Crippen LogP contribution in [0.1, 0.15) is 62.6 Å². The van der Waals surface area contributed by atoms with Crippen molar-refractivity contribution >= 4 is 28.3 Å². The third kappa shape index (κ3) is 3.19. The first-order valence-corrected chi connectivity index (χ1v) is 10.4. The molecule has 1 aliphatic carbocycles. The molecule has 3 aromatic rings. The van der Waals surface area contributed by atoms with Gasteiger partial charge in [0.1, 0.15) is 17.0 Å². The van der Waals surface area contributed by atoms with Crippen molar-refractivity contribution < 1.29 is 4.79 Å². The molecular formula is C21H28N6O. The van der Waals surface area contributed by atoms with E-state index in [1.54, 1.807) is 6.20 Å². The third-order valence-corrected chi connectivity index (χ3v) is 5.20. The maximum atomic E-state index is 13.7. The largest absolute Gasteiger partial charge is 0.381 e. The second kappa shape index (κ2) is 7.73. The SMILES string of the molecule is CCCN(CCC)C(=O)c1c(NC2CC2)c2cccnc2n2c(CC)nnc12. The molecule has 0 spiro atoms. The highest BCUT2D eigenvalue weighted by Crippen LogP contribution is 2.35. The first-order valence-electron chi connectivity index (χ1n) is 10.4. The van der Waals surface area contributed by atoms with Crippen molar-refractivity contribution in [1.82, 2.24) is 24.5 Å². The van der Waals surface area contributed by atoms with E-state index in [4.69, 9.17) is 0 Å². The average molecular weight is 380 g/mol. The van der Waals surface area contributed by atoms with Gasteiger partial charge in [-0.05, 0) is 37.8 Å². The van der Waals surface area contributed by atoms with E-state index in [0.717, 1.165) is 67.7 Å². The smallest absolute Gasteiger partial charge is 0.259 e. The molecule has 4 rings (SSSR count). The fourth-order valence-electron chi connectivity index (χ4n) is 3.74. The number of aromatic nitrogens is 4. The van der Waals surface area contributed by atoms with E-state index in [1.165, 1.54) is 0 Å². The van der Waals surface area contributed by atoms with Crippen LogP contribution >= 0.6 is 0 Å². The summed E-state index contributed by atoms with van der Waals surface area (Å²) in [5.41, 5.74) is 2.89. The molecule has 0 unspecified atom stereocenters. The molecule has 1 saturated carbocycles. The number of nitrogens with one attached hydrogen (secondary N) is 1. The minimum Gasteiger partial charge on any atom is -0.381 e. The van der Waals surface area contributed by atoms with Crippen LogP contribution in [-0.4, -0.2) is 49.5 Å². The van der Waals surface area contributed by atoms with Gasteiger partial charge in [-0.1, -0.05) is 20.8 Å². The zero-order valence-electron chi connectivity index (χ0n) is 16.9. The minimum atomic E-state index is 0.0256. The third-order valence-electron chi connectivity index (χ3n) is 5.20. The molecule has 0 saturated heterocycles. The quantitative estimate of drug-likeness (QED) is 0.645. The van der Waals surface area contributed by atoms with Crippen LogP contribution in [0.2, 0.25) is 0 Å². The Morgan fingerprint density at radius 3 is 2.57 bits per heavy atom. The lowest BCUT2D eigenvalue weighted by atomic mass is 10.1. The minimum absolute atomic E-state index is 0.0256. The van der Waals surface area contributed by atoms with Gasteiger partial charge in [0.15, 0.2) is 5.65 Å². The zero-order valence-corrected chi connectivity index (χ0v) is 16.9. The highest BCUT2D eigenvalue weighted by molar-refractivity contribution is 6.12. The lowest BCUT2D eigenvalue weighted by Crippen LogP contribution is -2.33. The second-order valence-electron chi connectivity index (χ2n) is 7.46. The summed E-state index contributed by atoms with van der Waals surface area (Å²) in [7, 11) is 0. The van der Waals surface area contributed by atoms with Gasteiger partial charge in [-0.3, -0.25) is 9.20 Å². The highest BCUT2D eigenvalue weighted by Gasteiger charge is 2.30. The fourth-order valence-corrected chi connectivity index (χ4v) is 3.74. The van der Waals surface area contributed by atoms with Crippen molar-refractivity contribution in [2.75, 3.05) is 18.4 Å². The van der Waals surface area contributed by atoms with Crippen LogP contribution in [0.5, 0.6) is 0 Å². The van der Waals surface area contributed by atoms with Crippen molar-refractivity contribution in [2.24, 2.45) is 0 Å². The van der Waals surface area contributed by atoms with Crippen LogP contribution in [-0.2, 0) is 6.42 Å². The zero-order chi connectivity index (χ0) is 19.7. The number of anilines is 1. The van der Waals surface area contributed by atoms with E-state index in [2.05, 4.69) is 34.3 Å². The van der Waals surface area contributed by atoms with Gasteiger partial charge in [0.25, 0.3) is 5.91 Å². The molecule has 1 aliphatic rings. The van der Waals surface area contributed by atoms with Crippen molar-refractivity contribution in [2.45, 2.75) is 58.9 Å². The predicted molar refractivity (Wildman–Crippen MR) is 111 cm³/mol. The van der Waals surface area contributed by atoms with E-state index in [9.17, 15) is 4.79 Å². The Hall–Kier alpha value is -2.70. The molecule has 1 fully saturated rings. The first-order chi connectivity index (χ1) is 13.7.